The fourth-order valence-electron chi connectivity index (χ4n) is 2.20. The highest BCUT2D eigenvalue weighted by Crippen LogP contribution is 2.15. The second-order valence-electron chi connectivity index (χ2n) is 6.34. The van der Waals surface area contributed by atoms with E-state index in [1.54, 1.807) is 6.55 Å². The van der Waals surface area contributed by atoms with Gasteiger partial charge in [-0.2, -0.15) is 5.11 Å². The predicted octanol–water partition coefficient (Wildman–Crippen LogP) is 3.79. The van der Waals surface area contributed by atoms with Crippen molar-refractivity contribution in [2.75, 3.05) is 18.9 Å². The van der Waals surface area contributed by atoms with Gasteiger partial charge in [-0.05, 0) is 58.0 Å². The molecule has 1 atom stereocenters. The molecule has 132 valence electrons. The molecule has 0 heterocycles. The van der Waals surface area contributed by atoms with Gasteiger partial charge in [0.2, 0.25) is 0 Å². The first-order chi connectivity index (χ1) is 11.3. The van der Waals surface area contributed by atoms with Crippen molar-refractivity contribution in [2.24, 2.45) is 10.3 Å². The molecule has 0 fully saturated rings. The summed E-state index contributed by atoms with van der Waals surface area (Å²) in [5.41, 5.74) is 2.28. The van der Waals surface area contributed by atoms with Crippen LogP contribution in [0.2, 0.25) is 6.55 Å². The van der Waals surface area contributed by atoms with Gasteiger partial charge in [0.25, 0.3) is 0 Å². The van der Waals surface area contributed by atoms with E-state index in [0.29, 0.717) is 0 Å². The van der Waals surface area contributed by atoms with Gasteiger partial charge in [0, 0.05) is 25.3 Å². The Morgan fingerprint density at radius 3 is 2.71 bits per heavy atom. The number of nitrogens with one attached hydrogen (secondary N) is 1. The summed E-state index contributed by atoms with van der Waals surface area (Å²) in [5.74, 6) is 0. The zero-order valence-electron chi connectivity index (χ0n) is 15.7. The molecule has 5 nitrogen and oxygen atoms in total. The largest absolute Gasteiger partial charge is 0.383 e. The molecular formula is C18H30N4OSi. The van der Waals surface area contributed by atoms with Gasteiger partial charge < -0.3 is 9.78 Å². The Labute approximate surface area is 147 Å². The highest BCUT2D eigenvalue weighted by molar-refractivity contribution is 6.58. The average Bonchev–Trinajstić information content (AvgIpc) is 2.56. The third-order valence-corrected chi connectivity index (χ3v) is 4.92. The quantitative estimate of drug-likeness (QED) is 0.320. The minimum Gasteiger partial charge on any atom is -0.383 e. The van der Waals surface area contributed by atoms with Gasteiger partial charge in [-0.3, -0.25) is 5.01 Å². The number of hydrogen-bond acceptors (Lipinski definition) is 4. The van der Waals surface area contributed by atoms with Gasteiger partial charge in [-0.25, -0.2) is 0 Å². The fraction of sp³-hybridized carbons (Fsp3) is 0.556. The van der Waals surface area contributed by atoms with Crippen LogP contribution in [0.15, 0.2) is 46.3 Å². The topological polar surface area (TPSA) is 57.1 Å². The van der Waals surface area contributed by atoms with Gasteiger partial charge in [0.15, 0.2) is 0 Å². The second-order valence-corrected chi connectivity index (χ2v) is 8.02. The summed E-state index contributed by atoms with van der Waals surface area (Å²) in [6.07, 6.45) is 3.04. The molecule has 0 amide bonds. The highest BCUT2D eigenvalue weighted by atomic mass is 28.3. The average molecular weight is 347 g/mol. The third-order valence-electron chi connectivity index (χ3n) is 3.79. The van der Waals surface area contributed by atoms with Crippen molar-refractivity contribution in [3.8, 4) is 0 Å². The lowest BCUT2D eigenvalue weighted by atomic mass is 10.0. The van der Waals surface area contributed by atoms with Crippen LogP contribution in [-0.4, -0.2) is 39.4 Å². The van der Waals surface area contributed by atoms with Crippen LogP contribution in [0.5, 0.6) is 0 Å². The van der Waals surface area contributed by atoms with Crippen LogP contribution in [-0.2, 0) is 4.46 Å². The van der Waals surface area contributed by atoms with E-state index in [9.17, 15) is 4.46 Å². The zero-order chi connectivity index (χ0) is 18.1. The van der Waals surface area contributed by atoms with Gasteiger partial charge in [-0.15, -0.1) is 0 Å². The number of hydrogen-bond donors (Lipinski definition) is 1. The van der Waals surface area contributed by atoms with E-state index in [4.69, 9.17) is 0 Å². The molecule has 1 unspecified atom stereocenters. The molecule has 0 aliphatic heterocycles. The number of rotatable bonds is 9. The molecule has 0 saturated heterocycles. The Kier molecular flexibility index (Phi) is 8.53. The summed E-state index contributed by atoms with van der Waals surface area (Å²) in [6.45, 7) is 10.8. The summed E-state index contributed by atoms with van der Waals surface area (Å²) in [6, 6.07) is 8.30. The third kappa shape index (κ3) is 7.17. The Morgan fingerprint density at radius 2 is 2.12 bits per heavy atom. The highest BCUT2D eigenvalue weighted by Gasteiger charge is 2.12. The van der Waals surface area contributed by atoms with E-state index >= 15 is 0 Å². The van der Waals surface area contributed by atoms with Crippen LogP contribution in [0.1, 0.15) is 34.1 Å². The van der Waals surface area contributed by atoms with Crippen molar-refractivity contribution in [3.63, 3.8) is 0 Å². The van der Waals surface area contributed by atoms with E-state index < -0.39 is 8.68 Å². The molecule has 6 heteroatoms. The zero-order valence-corrected chi connectivity index (χ0v) is 16.7. The second kappa shape index (κ2) is 10.1. The van der Waals surface area contributed by atoms with Gasteiger partial charge in [0.05, 0.1) is 6.04 Å². The molecule has 0 spiro atoms. The monoisotopic (exact) mass is 346 g/mol. The normalized spacial score (nSPS) is 13.4. The van der Waals surface area contributed by atoms with Crippen LogP contribution in [0.3, 0.4) is 0 Å². The summed E-state index contributed by atoms with van der Waals surface area (Å²) in [5, 5.41) is 14.7. The SMILES string of the molecule is C/C=C(\C)C(CCN(C)/N=N\C(C)C)Nc1cccc([Si](C)=O)c1. The maximum Gasteiger partial charge on any atom is 0.308 e. The summed E-state index contributed by atoms with van der Waals surface area (Å²) >= 11 is 0. The van der Waals surface area contributed by atoms with E-state index in [1.165, 1.54) is 5.57 Å². The lowest BCUT2D eigenvalue weighted by molar-refractivity contribution is 0.312. The van der Waals surface area contributed by atoms with Crippen molar-refractivity contribution < 1.29 is 4.46 Å². The Balaban J connectivity index is 2.76. The number of nitrogens with zero attached hydrogens (tertiary/aromatic N) is 3. The molecule has 0 radical (unpaired) electrons. The van der Waals surface area contributed by atoms with E-state index in [1.807, 2.05) is 57.1 Å². The van der Waals surface area contributed by atoms with E-state index in [-0.39, 0.29) is 12.1 Å². The molecule has 1 rings (SSSR count). The Bertz CT molecular complexity index is 598. The van der Waals surface area contributed by atoms with Gasteiger partial charge in [-0.1, -0.05) is 29.0 Å². The summed E-state index contributed by atoms with van der Waals surface area (Å²) < 4.78 is 11.7. The molecule has 0 aliphatic carbocycles. The maximum absolute atomic E-state index is 11.7. The summed E-state index contributed by atoms with van der Waals surface area (Å²) in [7, 11) is 0.267. The van der Waals surface area contributed by atoms with Crippen LogP contribution in [0.4, 0.5) is 5.69 Å². The standard InChI is InChI=1S/C18H30N4OSi/c1-7-15(4)18(11-12-22(5)21-20-14(2)3)19-16-9-8-10-17(13-16)24(6)23/h7-10,13-14,18-19H,11-12H2,1-6H3/b15-7+,21-20-. The van der Waals surface area contributed by atoms with E-state index in [2.05, 4.69) is 28.7 Å². The Morgan fingerprint density at radius 1 is 1.42 bits per heavy atom. The smallest absolute Gasteiger partial charge is 0.308 e. The fourth-order valence-corrected chi connectivity index (χ4v) is 2.89. The molecular weight excluding hydrogens is 316 g/mol. The molecule has 0 bridgehead atoms. The van der Waals surface area contributed by atoms with Crippen LogP contribution in [0.25, 0.3) is 0 Å². The van der Waals surface area contributed by atoms with Crippen molar-refractivity contribution in [1.82, 2.24) is 5.01 Å². The number of anilines is 1. The van der Waals surface area contributed by atoms with Crippen LogP contribution < -0.4 is 10.5 Å². The molecule has 24 heavy (non-hydrogen) atoms. The van der Waals surface area contributed by atoms with Crippen molar-refractivity contribution >= 4 is 19.6 Å². The lowest BCUT2D eigenvalue weighted by Crippen LogP contribution is -2.27. The van der Waals surface area contributed by atoms with E-state index in [0.717, 1.165) is 23.8 Å². The van der Waals surface area contributed by atoms with Crippen molar-refractivity contribution in [3.05, 3.63) is 35.9 Å². The molecule has 0 aliphatic rings. The minimum atomic E-state index is -1.68. The molecule has 1 N–H and O–H groups in total. The molecule has 0 saturated carbocycles. The number of allylic oxidation sites excluding steroid dienone is 1. The Hall–Kier alpha value is -1.82. The molecule has 1 aromatic carbocycles. The molecule has 0 aromatic heterocycles. The molecule has 1 aromatic rings. The van der Waals surface area contributed by atoms with Crippen LogP contribution >= 0.6 is 0 Å². The lowest BCUT2D eigenvalue weighted by Gasteiger charge is -2.23. The minimum absolute atomic E-state index is 0.207. The number of benzene rings is 1. The van der Waals surface area contributed by atoms with Crippen LogP contribution in [0, 0.1) is 0 Å². The van der Waals surface area contributed by atoms with Gasteiger partial charge >= 0.3 is 8.68 Å². The maximum atomic E-state index is 11.7. The first-order valence-electron chi connectivity index (χ1n) is 8.45. The first kappa shape index (κ1) is 20.2. The first-order valence-corrected chi connectivity index (χ1v) is 10.4. The predicted molar refractivity (Wildman–Crippen MR) is 102 cm³/mol. The summed E-state index contributed by atoms with van der Waals surface area (Å²) in [4.78, 5) is 0. The van der Waals surface area contributed by atoms with Gasteiger partial charge in [0.1, 0.15) is 0 Å². The van der Waals surface area contributed by atoms with Crippen molar-refractivity contribution in [1.29, 1.82) is 0 Å². The van der Waals surface area contributed by atoms with Crippen molar-refractivity contribution in [2.45, 2.75) is 52.7 Å².